The number of nitrogens with zero attached hydrogens (tertiary/aromatic N) is 4. The topological polar surface area (TPSA) is 143 Å². The normalized spacial score (nSPS) is 21.1. The van der Waals surface area contributed by atoms with Crippen LogP contribution in [-0.2, 0) is 21.9 Å². The van der Waals surface area contributed by atoms with Gasteiger partial charge in [-0.2, -0.15) is 8.42 Å². The molecular formula is C32H44ClN7O3S. The molecule has 10 nitrogen and oxygen atoms in total. The number of pyridine rings is 3. The Bertz CT molecular complexity index is 1610. The summed E-state index contributed by atoms with van der Waals surface area (Å²) in [5.41, 5.74) is 8.09. The van der Waals surface area contributed by atoms with Gasteiger partial charge in [-0.15, -0.1) is 12.4 Å². The summed E-state index contributed by atoms with van der Waals surface area (Å²) in [4.78, 5) is 30.1. The number of carbonyl (C=O) groups is 1. The van der Waals surface area contributed by atoms with Gasteiger partial charge in [0, 0.05) is 28.9 Å². The van der Waals surface area contributed by atoms with E-state index in [2.05, 4.69) is 54.5 Å². The molecule has 5 rings (SSSR count). The third-order valence-corrected chi connectivity index (χ3v) is 9.57. The van der Waals surface area contributed by atoms with Crippen molar-refractivity contribution < 1.29 is 13.2 Å². The minimum absolute atomic E-state index is 0. The molecule has 12 heteroatoms. The molecular weight excluding hydrogens is 598 g/mol. The van der Waals surface area contributed by atoms with Gasteiger partial charge in [0.05, 0.1) is 17.3 Å². The Morgan fingerprint density at radius 2 is 1.77 bits per heavy atom. The van der Waals surface area contributed by atoms with Crippen LogP contribution in [0.15, 0.2) is 53.6 Å². The van der Waals surface area contributed by atoms with Gasteiger partial charge in [-0.3, -0.25) is 9.78 Å². The lowest BCUT2D eigenvalue weighted by Gasteiger charge is -2.34. The molecule has 2 aliphatic rings. The number of fused-ring (bicyclic) bond motifs is 6. The highest BCUT2D eigenvalue weighted by Crippen LogP contribution is 2.41. The second-order valence-electron chi connectivity index (χ2n) is 13.3. The maximum absolute atomic E-state index is 13.6. The highest BCUT2D eigenvalue weighted by Gasteiger charge is 2.41. The molecule has 2 atom stereocenters. The van der Waals surface area contributed by atoms with E-state index >= 15 is 0 Å². The van der Waals surface area contributed by atoms with E-state index in [9.17, 15) is 13.2 Å². The standard InChI is InChI=1S/C32H43N7O3S.ClH/c1-31(2,3)26-17-15-23-29(36-26)39-20-21(19-32(39,4)5)14-16-25(24-11-6-9-22(34-24)10-8-18-33)35-27-12-7-13-28(37-27)43(41,42)38-30(23)40;/h6-7,9,11-13,15,17,21,25H,8,10,14,16,18-20,33H2,1-5H3,(H,35,37)(H,38,40);1H/t21-,25+;/m0./s1. The second-order valence-corrected chi connectivity index (χ2v) is 15.0. The van der Waals surface area contributed by atoms with Crippen molar-refractivity contribution in [3.63, 3.8) is 0 Å². The van der Waals surface area contributed by atoms with E-state index in [0.717, 1.165) is 49.2 Å². The van der Waals surface area contributed by atoms with Crippen LogP contribution in [0.2, 0.25) is 0 Å². The van der Waals surface area contributed by atoms with E-state index in [0.29, 0.717) is 30.6 Å². The molecule has 2 aliphatic heterocycles. The van der Waals surface area contributed by atoms with E-state index < -0.39 is 15.9 Å². The summed E-state index contributed by atoms with van der Waals surface area (Å²) in [6.07, 6.45) is 4.20. The van der Waals surface area contributed by atoms with E-state index in [-0.39, 0.29) is 40.0 Å². The molecule has 238 valence electrons. The molecule has 5 heterocycles. The fraction of sp³-hybridized carbons (Fsp3) is 0.500. The average molecular weight is 642 g/mol. The Labute approximate surface area is 267 Å². The Balaban J connectivity index is 0.00000442. The maximum atomic E-state index is 13.6. The number of carbonyl (C=O) groups excluding carboxylic acids is 1. The zero-order valence-electron chi connectivity index (χ0n) is 26.1. The van der Waals surface area contributed by atoms with Crippen molar-refractivity contribution in [1.29, 1.82) is 0 Å². The highest BCUT2D eigenvalue weighted by atomic mass is 35.5. The van der Waals surface area contributed by atoms with E-state index in [1.807, 2.05) is 24.3 Å². The number of nitrogens with one attached hydrogen (secondary N) is 2. The number of nitrogens with two attached hydrogens (primary N) is 1. The second kappa shape index (κ2) is 13.0. The number of rotatable bonds is 4. The lowest BCUT2D eigenvalue weighted by Crippen LogP contribution is -2.41. The molecule has 4 N–H and O–H groups in total. The summed E-state index contributed by atoms with van der Waals surface area (Å²) in [6, 6.07) is 14.1. The number of halogens is 1. The number of amides is 1. The van der Waals surface area contributed by atoms with Crippen molar-refractivity contribution in [3.8, 4) is 0 Å². The molecule has 0 radical (unpaired) electrons. The molecule has 4 bridgehead atoms. The van der Waals surface area contributed by atoms with Gasteiger partial charge < -0.3 is 16.0 Å². The van der Waals surface area contributed by atoms with Crippen LogP contribution in [0, 0.1) is 5.92 Å². The van der Waals surface area contributed by atoms with Crippen LogP contribution in [-0.4, -0.2) is 47.9 Å². The van der Waals surface area contributed by atoms with Crippen molar-refractivity contribution >= 4 is 40.0 Å². The molecule has 0 spiro atoms. The first-order valence-corrected chi connectivity index (χ1v) is 16.5. The first-order valence-electron chi connectivity index (χ1n) is 15.0. The van der Waals surface area contributed by atoms with Crippen molar-refractivity contribution in [2.45, 2.75) is 88.7 Å². The molecule has 1 amide bonds. The molecule has 0 aromatic carbocycles. The monoisotopic (exact) mass is 641 g/mol. The lowest BCUT2D eigenvalue weighted by atomic mass is 9.90. The minimum Gasteiger partial charge on any atom is -0.362 e. The zero-order chi connectivity index (χ0) is 31.0. The van der Waals surface area contributed by atoms with Gasteiger partial charge >= 0.3 is 0 Å². The fourth-order valence-corrected chi connectivity index (χ4v) is 7.00. The summed E-state index contributed by atoms with van der Waals surface area (Å²) in [6.45, 7) is 11.8. The first-order chi connectivity index (χ1) is 20.3. The number of sulfonamides is 1. The van der Waals surface area contributed by atoms with Crippen LogP contribution < -0.4 is 20.7 Å². The number of anilines is 2. The predicted octanol–water partition coefficient (Wildman–Crippen LogP) is 5.15. The molecule has 44 heavy (non-hydrogen) atoms. The third-order valence-electron chi connectivity index (χ3n) is 8.34. The van der Waals surface area contributed by atoms with Gasteiger partial charge in [-0.05, 0) is 94.8 Å². The van der Waals surface area contributed by atoms with Crippen molar-refractivity contribution in [2.24, 2.45) is 11.7 Å². The van der Waals surface area contributed by atoms with Crippen molar-refractivity contribution in [2.75, 3.05) is 23.3 Å². The van der Waals surface area contributed by atoms with Gasteiger partial charge in [-0.1, -0.05) is 32.9 Å². The Morgan fingerprint density at radius 1 is 1.02 bits per heavy atom. The molecule has 1 saturated heterocycles. The van der Waals surface area contributed by atoms with Crippen molar-refractivity contribution in [3.05, 3.63) is 71.2 Å². The molecule has 0 aliphatic carbocycles. The molecule has 3 aromatic rings. The SMILES string of the molecule is CC(C)(C)c1ccc2c(n1)N1C[C@@H](CC[C@H](c3cccc(CCCN)n3)Nc3cccc(n3)S(=O)(=O)NC2=O)CC1(C)C.Cl. The minimum atomic E-state index is -4.28. The Hall–Kier alpha value is -3.28. The van der Waals surface area contributed by atoms with Gasteiger partial charge in [0.25, 0.3) is 15.9 Å². The molecule has 3 aromatic heterocycles. The van der Waals surface area contributed by atoms with Crippen LogP contribution in [0.1, 0.15) is 93.8 Å². The van der Waals surface area contributed by atoms with Gasteiger partial charge in [0.2, 0.25) is 0 Å². The van der Waals surface area contributed by atoms with Crippen LogP contribution in [0.25, 0.3) is 0 Å². The quantitative estimate of drug-likeness (QED) is 0.352. The Morgan fingerprint density at radius 3 is 2.50 bits per heavy atom. The fourth-order valence-electron chi connectivity index (χ4n) is 6.07. The smallest absolute Gasteiger partial charge is 0.281 e. The van der Waals surface area contributed by atoms with Gasteiger partial charge in [-0.25, -0.2) is 14.7 Å². The summed E-state index contributed by atoms with van der Waals surface area (Å²) in [5, 5.41) is 3.21. The largest absolute Gasteiger partial charge is 0.362 e. The highest BCUT2D eigenvalue weighted by molar-refractivity contribution is 7.90. The van der Waals surface area contributed by atoms with E-state index in [1.165, 1.54) is 6.07 Å². The zero-order valence-corrected chi connectivity index (χ0v) is 27.8. The summed E-state index contributed by atoms with van der Waals surface area (Å²) >= 11 is 0. The van der Waals surface area contributed by atoms with E-state index in [4.69, 9.17) is 15.7 Å². The average Bonchev–Trinajstić information content (AvgIpc) is 3.26. The predicted molar refractivity (Wildman–Crippen MR) is 176 cm³/mol. The number of aryl methyl sites for hydroxylation is 1. The Kier molecular flexibility index (Phi) is 9.92. The van der Waals surface area contributed by atoms with Gasteiger partial charge in [0.1, 0.15) is 11.6 Å². The summed E-state index contributed by atoms with van der Waals surface area (Å²) < 4.78 is 29.2. The van der Waals surface area contributed by atoms with E-state index in [1.54, 1.807) is 18.2 Å². The van der Waals surface area contributed by atoms with Crippen LogP contribution in [0.3, 0.4) is 0 Å². The third kappa shape index (κ3) is 7.33. The summed E-state index contributed by atoms with van der Waals surface area (Å²) in [5.74, 6) is 0.500. The van der Waals surface area contributed by atoms with Crippen LogP contribution in [0.4, 0.5) is 11.6 Å². The molecule has 0 unspecified atom stereocenters. The van der Waals surface area contributed by atoms with Crippen LogP contribution in [0.5, 0.6) is 0 Å². The number of hydrogen-bond acceptors (Lipinski definition) is 9. The number of hydrogen-bond donors (Lipinski definition) is 3. The molecule has 0 saturated carbocycles. The lowest BCUT2D eigenvalue weighted by molar-refractivity contribution is 0.0981. The molecule has 1 fully saturated rings. The van der Waals surface area contributed by atoms with Gasteiger partial charge in [0.15, 0.2) is 5.03 Å². The number of aromatic nitrogens is 3. The summed E-state index contributed by atoms with van der Waals surface area (Å²) in [7, 11) is -4.28. The van der Waals surface area contributed by atoms with Crippen molar-refractivity contribution in [1.82, 2.24) is 19.7 Å². The first kappa shape index (κ1) is 33.6. The van der Waals surface area contributed by atoms with Crippen LogP contribution >= 0.6 is 12.4 Å². The maximum Gasteiger partial charge on any atom is 0.281 e.